The van der Waals surface area contributed by atoms with E-state index >= 15 is 0 Å². The highest BCUT2D eigenvalue weighted by Gasteiger charge is 2.72. The zero-order valence-corrected chi connectivity index (χ0v) is 15.2. The molecule has 4 nitrogen and oxygen atoms in total. The third-order valence-electron chi connectivity index (χ3n) is 7.09. The lowest BCUT2D eigenvalue weighted by Crippen LogP contribution is -2.56. The highest BCUT2D eigenvalue weighted by Crippen LogP contribution is 2.69. The van der Waals surface area contributed by atoms with Crippen molar-refractivity contribution < 1.29 is 18.5 Å². The maximum Gasteiger partial charge on any atom is 0.197 e. The van der Waals surface area contributed by atoms with Gasteiger partial charge in [-0.1, -0.05) is 41.0 Å². The second kappa shape index (κ2) is 5.62. The molecule has 5 heteroatoms. The van der Waals surface area contributed by atoms with Gasteiger partial charge in [0.2, 0.25) is 0 Å². The van der Waals surface area contributed by atoms with Crippen molar-refractivity contribution in [2.45, 2.75) is 78.1 Å². The minimum atomic E-state index is -0.637. The monoisotopic (exact) mass is 330 g/mol. The molecule has 3 rings (SSSR count). The van der Waals surface area contributed by atoms with Crippen LogP contribution in [0.15, 0.2) is 0 Å². The molecule has 0 radical (unpaired) electrons. The molecule has 1 saturated carbocycles. The normalized spacial score (nSPS) is 50.6. The Morgan fingerprint density at radius 2 is 2.09 bits per heavy atom. The lowest BCUT2D eigenvalue weighted by molar-refractivity contribution is -0.299. The van der Waals surface area contributed by atoms with E-state index in [0.29, 0.717) is 36.0 Å². The first-order chi connectivity index (χ1) is 10.3. The summed E-state index contributed by atoms with van der Waals surface area (Å²) in [6.45, 7) is 11.5. The van der Waals surface area contributed by atoms with Gasteiger partial charge in [-0.2, -0.15) is 0 Å². The SMILES string of the molecule is CCC1(C)CC2(OSOO)OC3(CC2C(C)C)C(C)CCC13. The number of ether oxygens (including phenoxy) is 1. The van der Waals surface area contributed by atoms with Crippen LogP contribution in [0.5, 0.6) is 0 Å². The maximum absolute atomic E-state index is 8.75. The molecule has 2 aliphatic heterocycles. The van der Waals surface area contributed by atoms with Crippen molar-refractivity contribution in [3.63, 3.8) is 0 Å². The average Bonchev–Trinajstić information content (AvgIpc) is 2.95. The predicted octanol–water partition coefficient (Wildman–Crippen LogP) is 5.05. The van der Waals surface area contributed by atoms with Gasteiger partial charge in [-0.05, 0) is 42.4 Å². The molecule has 3 fully saturated rings. The van der Waals surface area contributed by atoms with Gasteiger partial charge >= 0.3 is 0 Å². The number of hydrogen-bond donors (Lipinski definition) is 1. The van der Waals surface area contributed by atoms with E-state index in [1.807, 2.05) is 0 Å². The van der Waals surface area contributed by atoms with E-state index in [4.69, 9.17) is 14.2 Å². The van der Waals surface area contributed by atoms with E-state index < -0.39 is 5.79 Å². The molecule has 22 heavy (non-hydrogen) atoms. The summed E-state index contributed by atoms with van der Waals surface area (Å²) in [7, 11) is 0. The molecule has 3 aliphatic rings. The van der Waals surface area contributed by atoms with E-state index in [2.05, 4.69) is 39.0 Å². The topological polar surface area (TPSA) is 47.9 Å². The summed E-state index contributed by atoms with van der Waals surface area (Å²) in [6.07, 6.45) is 5.59. The minimum Gasteiger partial charge on any atom is -0.341 e. The van der Waals surface area contributed by atoms with E-state index in [9.17, 15) is 0 Å². The molecule has 1 spiro atoms. The van der Waals surface area contributed by atoms with Crippen LogP contribution in [0.2, 0.25) is 0 Å². The van der Waals surface area contributed by atoms with Gasteiger partial charge < -0.3 is 4.74 Å². The average molecular weight is 330 g/mol. The summed E-state index contributed by atoms with van der Waals surface area (Å²) in [5, 5.41) is 8.75. The lowest BCUT2D eigenvalue weighted by atomic mass is 9.64. The molecule has 128 valence electrons. The van der Waals surface area contributed by atoms with Crippen molar-refractivity contribution in [1.82, 2.24) is 0 Å². The first kappa shape index (κ1) is 17.0. The van der Waals surface area contributed by atoms with Crippen molar-refractivity contribution in [3.05, 3.63) is 0 Å². The van der Waals surface area contributed by atoms with Crippen LogP contribution in [0.3, 0.4) is 0 Å². The highest BCUT2D eigenvalue weighted by atomic mass is 32.2. The van der Waals surface area contributed by atoms with E-state index in [1.54, 1.807) is 0 Å². The lowest BCUT2D eigenvalue weighted by Gasteiger charge is -2.53. The van der Waals surface area contributed by atoms with Gasteiger partial charge in [0, 0.05) is 12.3 Å². The summed E-state index contributed by atoms with van der Waals surface area (Å²) in [5.41, 5.74) is 0.163. The second-order valence-electron chi connectivity index (χ2n) is 8.36. The summed E-state index contributed by atoms with van der Waals surface area (Å²) >= 11 is 0.660. The third-order valence-corrected chi connectivity index (χ3v) is 7.50. The van der Waals surface area contributed by atoms with Gasteiger partial charge in [-0.25, -0.2) is 5.26 Å². The first-order valence-electron chi connectivity index (χ1n) is 8.69. The van der Waals surface area contributed by atoms with Crippen LogP contribution >= 0.6 is 12.3 Å². The smallest absolute Gasteiger partial charge is 0.197 e. The Kier molecular flexibility index (Phi) is 4.35. The molecule has 2 saturated heterocycles. The molecule has 1 aliphatic carbocycles. The van der Waals surface area contributed by atoms with Gasteiger partial charge in [-0.3, -0.25) is 4.18 Å². The Hall–Kier alpha value is 0.190. The molecule has 0 amide bonds. The van der Waals surface area contributed by atoms with Crippen molar-refractivity contribution in [3.8, 4) is 0 Å². The number of fused-ring (bicyclic) bond motifs is 1. The molecular formula is C17H30O4S. The molecule has 6 unspecified atom stereocenters. The minimum absolute atomic E-state index is 0.0615. The largest absolute Gasteiger partial charge is 0.341 e. The van der Waals surface area contributed by atoms with E-state index in [1.165, 1.54) is 12.8 Å². The fourth-order valence-electron chi connectivity index (χ4n) is 5.79. The van der Waals surface area contributed by atoms with Gasteiger partial charge in [0.1, 0.15) is 0 Å². The van der Waals surface area contributed by atoms with Gasteiger partial charge in [0.25, 0.3) is 0 Å². The Morgan fingerprint density at radius 3 is 2.68 bits per heavy atom. The summed E-state index contributed by atoms with van der Waals surface area (Å²) < 4.78 is 16.9. The maximum atomic E-state index is 8.75. The van der Waals surface area contributed by atoms with E-state index in [-0.39, 0.29) is 11.0 Å². The van der Waals surface area contributed by atoms with Crippen LogP contribution in [0.25, 0.3) is 0 Å². The fraction of sp³-hybridized carbons (Fsp3) is 1.00. The van der Waals surface area contributed by atoms with Gasteiger partial charge in [0.05, 0.1) is 5.60 Å². The third kappa shape index (κ3) is 2.20. The molecule has 0 aromatic carbocycles. The van der Waals surface area contributed by atoms with Crippen LogP contribution in [0, 0.1) is 29.1 Å². The zero-order chi connectivity index (χ0) is 16.2. The Labute approximate surface area is 138 Å². The molecule has 0 aromatic heterocycles. The predicted molar refractivity (Wildman–Crippen MR) is 86.8 cm³/mol. The highest BCUT2D eigenvalue weighted by molar-refractivity contribution is 7.89. The molecule has 1 N–H and O–H groups in total. The molecular weight excluding hydrogens is 300 g/mol. The first-order valence-corrected chi connectivity index (χ1v) is 9.36. The summed E-state index contributed by atoms with van der Waals surface area (Å²) in [6, 6.07) is 0. The molecule has 6 atom stereocenters. The van der Waals surface area contributed by atoms with Crippen LogP contribution in [-0.2, 0) is 13.3 Å². The second-order valence-corrected chi connectivity index (χ2v) is 8.82. The van der Waals surface area contributed by atoms with Crippen LogP contribution in [0.1, 0.15) is 66.7 Å². The summed E-state index contributed by atoms with van der Waals surface area (Å²) in [4.78, 5) is 0. The van der Waals surface area contributed by atoms with Crippen molar-refractivity contribution >= 4 is 12.3 Å². The quantitative estimate of drug-likeness (QED) is 0.434. The van der Waals surface area contributed by atoms with Crippen molar-refractivity contribution in [2.75, 3.05) is 0 Å². The number of hydrogen-bond acceptors (Lipinski definition) is 5. The molecule has 2 bridgehead atoms. The Bertz CT molecular complexity index is 427. The van der Waals surface area contributed by atoms with Crippen molar-refractivity contribution in [1.29, 1.82) is 0 Å². The van der Waals surface area contributed by atoms with Crippen LogP contribution < -0.4 is 0 Å². The molecule has 2 heterocycles. The zero-order valence-electron chi connectivity index (χ0n) is 14.4. The van der Waals surface area contributed by atoms with Gasteiger partial charge in [-0.15, -0.1) is 4.33 Å². The Morgan fingerprint density at radius 1 is 1.36 bits per heavy atom. The standard InChI is InChI=1S/C17H30O4S/c1-6-15(5)10-17(20-22-21-18)13(11(2)3)9-16(19-17)12(4)7-8-14(15)16/h11-14,18H,6-10H2,1-5H3. The van der Waals surface area contributed by atoms with E-state index in [0.717, 1.165) is 19.3 Å². The van der Waals surface area contributed by atoms with Crippen LogP contribution in [0.4, 0.5) is 0 Å². The van der Waals surface area contributed by atoms with Gasteiger partial charge in [0.15, 0.2) is 18.1 Å². The molecule has 0 aromatic rings. The van der Waals surface area contributed by atoms with Crippen molar-refractivity contribution in [2.24, 2.45) is 29.1 Å². The fourth-order valence-corrected chi connectivity index (χ4v) is 6.15. The Balaban J connectivity index is 2.04. The van der Waals surface area contributed by atoms with Crippen LogP contribution in [-0.4, -0.2) is 16.6 Å². The number of rotatable bonds is 5. The summed E-state index contributed by atoms with van der Waals surface area (Å²) in [5.74, 6) is 1.36.